The van der Waals surface area contributed by atoms with Crippen LogP contribution in [0.1, 0.15) is 65.2 Å². The summed E-state index contributed by atoms with van der Waals surface area (Å²) in [5, 5.41) is 3.70. The fraction of sp³-hybridized carbons (Fsp3) is 0.750. The number of allylic oxidation sites excluding steroid dienone is 2. The first kappa shape index (κ1) is 15.3. The zero-order valence-electron chi connectivity index (χ0n) is 12.2. The van der Waals surface area contributed by atoms with Gasteiger partial charge in [0.2, 0.25) is 0 Å². The smallest absolute Gasteiger partial charge is 0.0419 e. The Kier molecular flexibility index (Phi) is 7.11. The molecule has 1 aliphatic carbocycles. The summed E-state index contributed by atoms with van der Waals surface area (Å²) in [5.74, 6) is 0. The molecule has 104 valence electrons. The van der Waals surface area contributed by atoms with E-state index in [1.807, 2.05) is 6.08 Å². The Morgan fingerprint density at radius 2 is 1.89 bits per heavy atom. The molecule has 0 radical (unpaired) electrons. The van der Waals surface area contributed by atoms with E-state index in [4.69, 9.17) is 5.73 Å². The molecular weight excluding hydrogens is 220 g/mol. The second-order valence-corrected chi connectivity index (χ2v) is 5.48. The first-order valence-electron chi connectivity index (χ1n) is 7.61. The van der Waals surface area contributed by atoms with Gasteiger partial charge in [-0.15, -0.1) is 0 Å². The third kappa shape index (κ3) is 5.26. The van der Waals surface area contributed by atoms with E-state index in [1.165, 1.54) is 38.5 Å². The summed E-state index contributed by atoms with van der Waals surface area (Å²) >= 11 is 0. The molecule has 0 bridgehead atoms. The quantitative estimate of drug-likeness (QED) is 0.609. The molecule has 2 nitrogen and oxygen atoms in total. The highest BCUT2D eigenvalue weighted by Gasteiger charge is 2.26. The highest BCUT2D eigenvalue weighted by molar-refractivity contribution is 5.25. The molecule has 1 unspecified atom stereocenters. The molecular formula is C16H30N2. The molecule has 0 aromatic rings. The van der Waals surface area contributed by atoms with Gasteiger partial charge in [0, 0.05) is 17.7 Å². The second kappa shape index (κ2) is 8.36. The van der Waals surface area contributed by atoms with Crippen LogP contribution in [0.2, 0.25) is 0 Å². The molecule has 0 aromatic heterocycles. The van der Waals surface area contributed by atoms with Crippen molar-refractivity contribution < 1.29 is 0 Å². The van der Waals surface area contributed by atoms with Crippen LogP contribution in [0, 0.1) is 0 Å². The van der Waals surface area contributed by atoms with Crippen molar-refractivity contribution in [1.82, 2.24) is 5.32 Å². The standard InChI is InChI=1S/C16H30N2/c1-3-5-6-7-8-9-13-18-16(4-2)12-10-11-15(17)14-16/h10-12,18H,3-9,13-14,17H2,1-2H3. The van der Waals surface area contributed by atoms with Gasteiger partial charge in [-0.1, -0.05) is 58.1 Å². The fourth-order valence-electron chi connectivity index (χ4n) is 2.57. The molecule has 0 amide bonds. The van der Waals surface area contributed by atoms with Crippen LogP contribution in [0.25, 0.3) is 0 Å². The van der Waals surface area contributed by atoms with Gasteiger partial charge in [-0.25, -0.2) is 0 Å². The lowest BCUT2D eigenvalue weighted by Gasteiger charge is -2.33. The summed E-state index contributed by atoms with van der Waals surface area (Å²) in [4.78, 5) is 0. The lowest BCUT2D eigenvalue weighted by atomic mass is 9.86. The van der Waals surface area contributed by atoms with Crippen molar-refractivity contribution >= 4 is 0 Å². The van der Waals surface area contributed by atoms with E-state index in [-0.39, 0.29) is 5.54 Å². The lowest BCUT2D eigenvalue weighted by molar-refractivity contribution is 0.374. The van der Waals surface area contributed by atoms with Crippen molar-refractivity contribution in [2.24, 2.45) is 5.73 Å². The lowest BCUT2D eigenvalue weighted by Crippen LogP contribution is -2.45. The van der Waals surface area contributed by atoms with E-state index >= 15 is 0 Å². The van der Waals surface area contributed by atoms with Gasteiger partial charge < -0.3 is 11.1 Å². The molecule has 1 rings (SSSR count). The highest BCUT2D eigenvalue weighted by atomic mass is 15.0. The Morgan fingerprint density at radius 3 is 2.56 bits per heavy atom. The van der Waals surface area contributed by atoms with Crippen LogP contribution in [0.3, 0.4) is 0 Å². The Morgan fingerprint density at radius 1 is 1.17 bits per heavy atom. The fourth-order valence-corrected chi connectivity index (χ4v) is 2.57. The van der Waals surface area contributed by atoms with Gasteiger partial charge in [0.1, 0.15) is 0 Å². The predicted octanol–water partition coefficient (Wildman–Crippen LogP) is 3.89. The molecule has 0 aliphatic heterocycles. The highest BCUT2D eigenvalue weighted by Crippen LogP contribution is 2.24. The van der Waals surface area contributed by atoms with E-state index in [9.17, 15) is 0 Å². The maximum Gasteiger partial charge on any atom is 0.0419 e. The molecule has 0 saturated carbocycles. The minimum absolute atomic E-state index is 0.113. The largest absolute Gasteiger partial charge is 0.402 e. The molecule has 0 aromatic carbocycles. The summed E-state index contributed by atoms with van der Waals surface area (Å²) < 4.78 is 0. The van der Waals surface area contributed by atoms with Gasteiger partial charge in [0.05, 0.1) is 0 Å². The zero-order chi connectivity index (χ0) is 13.3. The third-order valence-corrected chi connectivity index (χ3v) is 3.88. The Labute approximate surface area is 113 Å². The van der Waals surface area contributed by atoms with Crippen molar-refractivity contribution in [3.05, 3.63) is 23.9 Å². The Hall–Kier alpha value is -0.760. The Bertz CT molecular complexity index is 281. The molecule has 18 heavy (non-hydrogen) atoms. The summed E-state index contributed by atoms with van der Waals surface area (Å²) in [6, 6.07) is 0. The molecule has 0 spiro atoms. The van der Waals surface area contributed by atoms with Crippen molar-refractivity contribution in [1.29, 1.82) is 0 Å². The van der Waals surface area contributed by atoms with Crippen molar-refractivity contribution in [2.75, 3.05) is 6.54 Å². The van der Waals surface area contributed by atoms with Gasteiger partial charge in [-0.2, -0.15) is 0 Å². The molecule has 0 heterocycles. The SMILES string of the molecule is CCCCCCCCNC1(CC)C=CC=C(N)C1. The van der Waals surface area contributed by atoms with E-state index < -0.39 is 0 Å². The van der Waals surface area contributed by atoms with E-state index in [1.54, 1.807) is 0 Å². The Balaban J connectivity index is 2.17. The minimum atomic E-state index is 0.113. The van der Waals surface area contributed by atoms with E-state index in [0.29, 0.717) is 0 Å². The number of nitrogens with one attached hydrogen (secondary N) is 1. The second-order valence-electron chi connectivity index (χ2n) is 5.48. The molecule has 1 aliphatic rings. The van der Waals surface area contributed by atoms with Crippen molar-refractivity contribution in [2.45, 2.75) is 70.8 Å². The maximum atomic E-state index is 5.94. The average molecular weight is 250 g/mol. The topological polar surface area (TPSA) is 38.0 Å². The predicted molar refractivity (Wildman–Crippen MR) is 80.4 cm³/mol. The minimum Gasteiger partial charge on any atom is -0.402 e. The molecule has 1 atom stereocenters. The van der Waals surface area contributed by atoms with Crippen molar-refractivity contribution in [3.8, 4) is 0 Å². The monoisotopic (exact) mass is 250 g/mol. The summed E-state index contributed by atoms with van der Waals surface area (Å²) in [5.41, 5.74) is 7.05. The molecule has 2 heteroatoms. The van der Waals surface area contributed by atoms with Crippen LogP contribution in [0.4, 0.5) is 0 Å². The van der Waals surface area contributed by atoms with Crippen LogP contribution in [-0.4, -0.2) is 12.1 Å². The molecule has 3 N–H and O–H groups in total. The normalized spacial score (nSPS) is 23.1. The third-order valence-electron chi connectivity index (χ3n) is 3.88. The molecule has 0 saturated heterocycles. The first-order valence-corrected chi connectivity index (χ1v) is 7.61. The van der Waals surface area contributed by atoms with Crippen LogP contribution in [-0.2, 0) is 0 Å². The van der Waals surface area contributed by atoms with E-state index in [0.717, 1.165) is 25.1 Å². The van der Waals surface area contributed by atoms with Gasteiger partial charge in [-0.3, -0.25) is 0 Å². The van der Waals surface area contributed by atoms with Gasteiger partial charge in [-0.05, 0) is 25.5 Å². The average Bonchev–Trinajstić information content (AvgIpc) is 2.38. The van der Waals surface area contributed by atoms with Crippen LogP contribution in [0.15, 0.2) is 23.9 Å². The summed E-state index contributed by atoms with van der Waals surface area (Å²) in [6.45, 7) is 5.61. The van der Waals surface area contributed by atoms with Crippen molar-refractivity contribution in [3.63, 3.8) is 0 Å². The first-order chi connectivity index (χ1) is 8.72. The van der Waals surface area contributed by atoms with Gasteiger partial charge in [0.25, 0.3) is 0 Å². The van der Waals surface area contributed by atoms with Gasteiger partial charge >= 0.3 is 0 Å². The van der Waals surface area contributed by atoms with Crippen LogP contribution < -0.4 is 11.1 Å². The number of unbranched alkanes of at least 4 members (excludes halogenated alkanes) is 5. The van der Waals surface area contributed by atoms with E-state index in [2.05, 4.69) is 31.3 Å². The molecule has 0 fully saturated rings. The zero-order valence-corrected chi connectivity index (χ0v) is 12.2. The maximum absolute atomic E-state index is 5.94. The number of nitrogens with two attached hydrogens (primary N) is 1. The summed E-state index contributed by atoms with van der Waals surface area (Å²) in [6.07, 6.45) is 16.6. The number of hydrogen-bond donors (Lipinski definition) is 2. The number of hydrogen-bond acceptors (Lipinski definition) is 2. The van der Waals surface area contributed by atoms with Crippen LogP contribution >= 0.6 is 0 Å². The van der Waals surface area contributed by atoms with Crippen LogP contribution in [0.5, 0.6) is 0 Å². The van der Waals surface area contributed by atoms with Gasteiger partial charge in [0.15, 0.2) is 0 Å². The summed E-state index contributed by atoms with van der Waals surface area (Å²) in [7, 11) is 0. The number of rotatable bonds is 9.